The van der Waals surface area contributed by atoms with Crippen molar-refractivity contribution in [3.8, 4) is 5.75 Å². The molecule has 6 atom stereocenters. The predicted octanol–water partition coefficient (Wildman–Crippen LogP) is 3.84. The Labute approximate surface area is 260 Å². The number of halogens is 2. The molecule has 4 heterocycles. The van der Waals surface area contributed by atoms with Gasteiger partial charge in [-0.05, 0) is 41.7 Å². The van der Waals surface area contributed by atoms with E-state index in [2.05, 4.69) is 31.1 Å². The Morgan fingerprint density at radius 1 is 1.20 bits per heavy atom. The van der Waals surface area contributed by atoms with E-state index in [0.29, 0.717) is 23.7 Å². The highest BCUT2D eigenvalue weighted by Crippen LogP contribution is 2.63. The van der Waals surface area contributed by atoms with E-state index >= 15 is 4.39 Å². The Morgan fingerprint density at radius 2 is 1.95 bits per heavy atom. The fourth-order valence-electron chi connectivity index (χ4n) is 7.66. The molecule has 10 nitrogen and oxygen atoms in total. The lowest BCUT2D eigenvalue weighted by Gasteiger charge is -2.43. The first-order valence-corrected chi connectivity index (χ1v) is 14.8. The second-order valence-electron chi connectivity index (χ2n) is 13.0. The molecule has 6 rings (SSSR count). The minimum atomic E-state index is -1.27. The number of anilines is 1. The number of fused-ring (bicyclic) bond motifs is 3. The molecule has 44 heavy (non-hydrogen) atoms. The smallest absolute Gasteiger partial charge is 0.248 e. The maximum absolute atomic E-state index is 16.1. The standard InChI is InChI=1S/C32H35ClFN5O5/c1-31(2,3)13-23-32(18-14-36-24(44-5)12-20(18)37-30(32)42)25(17-7-6-8-19(33)26(17)34)27-29(41)38(15-39(23)27)21-10-9-16(28(35)40)11-22(21)43-4/h6-12,14,18,20,23,25,27H,13,15H2,1-5H3,(H2,35,40)(H,37,42)/t18?,20?,23-,25-,27+,32+/m0/s1. The number of hydrogen-bond donors (Lipinski definition) is 2. The summed E-state index contributed by atoms with van der Waals surface area (Å²) in [5.41, 5.74) is 4.80. The SMILES string of the molecule is COC1=CC2NC(=O)[C@]3(C2C=N1)[C@H](CC(C)(C)C)N1CN(c2ccc(C(N)=O)cc2OC)C(=O)[C@H]1[C@@H]3c1cccc(Cl)c1F. The third-order valence-corrected chi connectivity index (χ3v) is 9.66. The number of nitrogens with one attached hydrogen (secondary N) is 1. The molecule has 3 fully saturated rings. The highest BCUT2D eigenvalue weighted by Gasteiger charge is 2.74. The van der Waals surface area contributed by atoms with E-state index in [9.17, 15) is 14.4 Å². The lowest BCUT2D eigenvalue weighted by Crippen LogP contribution is -2.53. The molecule has 4 aliphatic rings. The molecule has 2 unspecified atom stereocenters. The lowest BCUT2D eigenvalue weighted by molar-refractivity contribution is -0.131. The number of methoxy groups -OCH3 is 2. The molecule has 4 aliphatic heterocycles. The summed E-state index contributed by atoms with van der Waals surface area (Å²) in [5.74, 6) is -2.65. The largest absolute Gasteiger partial charge is 0.495 e. The summed E-state index contributed by atoms with van der Waals surface area (Å²) in [6.45, 7) is 6.34. The van der Waals surface area contributed by atoms with E-state index in [4.69, 9.17) is 26.8 Å². The molecule has 2 aromatic rings. The zero-order valence-corrected chi connectivity index (χ0v) is 25.9. The predicted molar refractivity (Wildman–Crippen MR) is 163 cm³/mol. The first-order chi connectivity index (χ1) is 20.8. The Morgan fingerprint density at radius 3 is 2.61 bits per heavy atom. The van der Waals surface area contributed by atoms with Crippen LogP contribution in [0.4, 0.5) is 10.1 Å². The minimum Gasteiger partial charge on any atom is -0.495 e. The molecule has 0 aromatic heterocycles. The molecule has 0 radical (unpaired) electrons. The fraction of sp³-hybridized carbons (Fsp3) is 0.438. The molecule has 0 saturated carbocycles. The molecular weight excluding hydrogens is 589 g/mol. The zero-order chi connectivity index (χ0) is 31.7. The van der Waals surface area contributed by atoms with Crippen LogP contribution in [0.15, 0.2) is 53.3 Å². The zero-order valence-electron chi connectivity index (χ0n) is 25.1. The summed E-state index contributed by atoms with van der Waals surface area (Å²) in [6.07, 6.45) is 3.99. The van der Waals surface area contributed by atoms with Gasteiger partial charge in [-0.1, -0.05) is 44.5 Å². The van der Waals surface area contributed by atoms with Crippen molar-refractivity contribution in [2.75, 3.05) is 25.8 Å². The van der Waals surface area contributed by atoms with Gasteiger partial charge in [0.2, 0.25) is 23.6 Å². The van der Waals surface area contributed by atoms with Crippen molar-refractivity contribution >= 4 is 41.2 Å². The van der Waals surface area contributed by atoms with Crippen LogP contribution in [0.3, 0.4) is 0 Å². The molecule has 2 aromatic carbocycles. The van der Waals surface area contributed by atoms with Gasteiger partial charge in [0.25, 0.3) is 0 Å². The van der Waals surface area contributed by atoms with Crippen molar-refractivity contribution in [1.82, 2.24) is 10.2 Å². The van der Waals surface area contributed by atoms with Gasteiger partial charge in [0, 0.05) is 35.7 Å². The van der Waals surface area contributed by atoms with Gasteiger partial charge in [0.1, 0.15) is 11.6 Å². The van der Waals surface area contributed by atoms with Crippen molar-refractivity contribution in [1.29, 1.82) is 0 Å². The molecule has 0 bridgehead atoms. The van der Waals surface area contributed by atoms with Crippen LogP contribution < -0.4 is 20.7 Å². The van der Waals surface area contributed by atoms with E-state index in [1.807, 2.05) is 4.90 Å². The summed E-state index contributed by atoms with van der Waals surface area (Å²) in [7, 11) is 2.95. The number of hydrogen-bond acceptors (Lipinski definition) is 7. The van der Waals surface area contributed by atoms with Gasteiger partial charge in [-0.15, -0.1) is 0 Å². The van der Waals surface area contributed by atoms with E-state index in [1.165, 1.54) is 32.4 Å². The number of benzene rings is 2. The van der Waals surface area contributed by atoms with Crippen molar-refractivity contribution < 1.29 is 28.2 Å². The maximum atomic E-state index is 16.1. The van der Waals surface area contributed by atoms with Crippen molar-refractivity contribution in [3.63, 3.8) is 0 Å². The normalized spacial score (nSPS) is 29.5. The summed E-state index contributed by atoms with van der Waals surface area (Å²) < 4.78 is 27.1. The van der Waals surface area contributed by atoms with Crippen LogP contribution in [0.2, 0.25) is 5.02 Å². The first-order valence-electron chi connectivity index (χ1n) is 14.4. The Balaban J connectivity index is 1.57. The molecule has 3 amide bonds. The summed E-state index contributed by atoms with van der Waals surface area (Å²) >= 11 is 6.33. The van der Waals surface area contributed by atoms with Crippen LogP contribution in [-0.2, 0) is 14.3 Å². The quantitative estimate of drug-likeness (QED) is 0.504. The first kappa shape index (κ1) is 30.1. The average molecular weight is 624 g/mol. The number of rotatable bonds is 6. The Bertz CT molecular complexity index is 1620. The third-order valence-electron chi connectivity index (χ3n) is 9.36. The molecule has 12 heteroatoms. The van der Waals surface area contributed by atoms with Gasteiger partial charge in [-0.3, -0.25) is 24.2 Å². The lowest BCUT2D eigenvalue weighted by atomic mass is 9.59. The second-order valence-corrected chi connectivity index (χ2v) is 13.4. The van der Waals surface area contributed by atoms with E-state index in [-0.39, 0.29) is 40.0 Å². The Hall–Kier alpha value is -3.96. The number of carbonyl (C=O) groups excluding carboxylic acids is 3. The summed E-state index contributed by atoms with van der Waals surface area (Å²) in [6, 6.07) is 7.47. The number of nitrogens with two attached hydrogens (primary N) is 1. The van der Waals surface area contributed by atoms with Crippen LogP contribution in [0.25, 0.3) is 0 Å². The van der Waals surface area contributed by atoms with E-state index in [0.717, 1.165) is 0 Å². The topological polar surface area (TPSA) is 127 Å². The van der Waals surface area contributed by atoms with Crippen molar-refractivity contribution in [2.45, 2.75) is 51.2 Å². The third kappa shape index (κ3) is 4.39. The van der Waals surface area contributed by atoms with Gasteiger partial charge in [-0.25, -0.2) is 9.38 Å². The Kier molecular flexibility index (Phi) is 7.24. The van der Waals surface area contributed by atoms with Gasteiger partial charge >= 0.3 is 0 Å². The summed E-state index contributed by atoms with van der Waals surface area (Å²) in [4.78, 5) is 49.1. The van der Waals surface area contributed by atoms with Crippen molar-refractivity contribution in [2.24, 2.45) is 27.5 Å². The maximum Gasteiger partial charge on any atom is 0.248 e. The average Bonchev–Trinajstić information content (AvgIpc) is 3.56. The monoisotopic (exact) mass is 623 g/mol. The van der Waals surface area contributed by atoms with Crippen LogP contribution in [0, 0.1) is 22.6 Å². The molecule has 3 N–H and O–H groups in total. The molecule has 232 valence electrons. The van der Waals surface area contributed by atoms with Gasteiger partial charge < -0.3 is 20.5 Å². The number of aliphatic imine (C=N–C) groups is 1. The number of amides is 3. The number of ether oxygens (including phenoxy) is 2. The number of nitrogens with zero attached hydrogens (tertiary/aromatic N) is 3. The summed E-state index contributed by atoms with van der Waals surface area (Å²) in [5, 5.41) is 3.03. The van der Waals surface area contributed by atoms with Crippen molar-refractivity contribution in [3.05, 3.63) is 70.3 Å². The van der Waals surface area contributed by atoms with Gasteiger partial charge in [0.15, 0.2) is 0 Å². The van der Waals surface area contributed by atoms with Gasteiger partial charge in [-0.2, -0.15) is 0 Å². The van der Waals surface area contributed by atoms with E-state index < -0.39 is 47.1 Å². The van der Waals surface area contributed by atoms with E-state index in [1.54, 1.807) is 35.4 Å². The second kappa shape index (κ2) is 10.6. The molecule has 0 aliphatic carbocycles. The molecule has 1 spiro atoms. The highest BCUT2D eigenvalue weighted by molar-refractivity contribution is 6.30. The van der Waals surface area contributed by atoms with Crippen LogP contribution >= 0.6 is 11.6 Å². The molecular formula is C32H35ClFN5O5. The van der Waals surface area contributed by atoms with Crippen LogP contribution in [0.5, 0.6) is 5.75 Å². The number of carbonyl (C=O) groups is 3. The van der Waals surface area contributed by atoms with Crippen LogP contribution in [-0.4, -0.2) is 67.8 Å². The highest BCUT2D eigenvalue weighted by atomic mass is 35.5. The number of primary amides is 1. The molecule has 3 saturated heterocycles. The van der Waals surface area contributed by atoms with Crippen LogP contribution in [0.1, 0.15) is 49.0 Å². The fourth-order valence-corrected chi connectivity index (χ4v) is 7.85. The minimum absolute atomic E-state index is 0.0942. The van der Waals surface area contributed by atoms with Gasteiger partial charge in [0.05, 0.1) is 49.1 Å².